The summed E-state index contributed by atoms with van der Waals surface area (Å²) in [7, 11) is -16.7. The Bertz CT molecular complexity index is 2240. The van der Waals surface area contributed by atoms with Crippen LogP contribution < -0.4 is 5.73 Å². The van der Waals surface area contributed by atoms with E-state index in [-0.39, 0.29) is 12.2 Å². The van der Waals surface area contributed by atoms with Crippen LogP contribution in [0.5, 0.6) is 0 Å². The Morgan fingerprint density at radius 2 is 1.55 bits per heavy atom. The molecule has 4 aromatic heterocycles. The van der Waals surface area contributed by atoms with E-state index in [0.717, 1.165) is 42.0 Å². The van der Waals surface area contributed by atoms with E-state index >= 15 is 0 Å². The molecule has 1 aliphatic heterocycles. The first-order valence-corrected chi connectivity index (χ1v) is 24.9. The molecule has 5 atom stereocenters. The van der Waals surface area contributed by atoms with Crippen LogP contribution in [0.4, 0.5) is 5.82 Å². The zero-order chi connectivity index (χ0) is 42.5. The maximum atomic E-state index is 12.3. The van der Waals surface area contributed by atoms with Gasteiger partial charge in [-0.05, 0) is 123 Å². The largest absolute Gasteiger partial charge is 0.490 e. The Morgan fingerprint density at radius 1 is 0.833 bits per heavy atom. The van der Waals surface area contributed by atoms with Crippen LogP contribution in [0.25, 0.3) is 28.5 Å². The molecule has 0 amide bonds. The van der Waals surface area contributed by atoms with Crippen molar-refractivity contribution in [3.05, 3.63) is 72.5 Å². The minimum absolute atomic E-state index is 0.0184. The summed E-state index contributed by atoms with van der Waals surface area (Å²) in [5, 5.41) is 11.4. The molecule has 5 heterocycles. The van der Waals surface area contributed by atoms with E-state index in [0.29, 0.717) is 22.6 Å². The normalized spacial score (nSPS) is 27.2. The fraction of sp³-hybridized carbons (Fsp3) is 0.538. The van der Waals surface area contributed by atoms with Gasteiger partial charge in [-0.2, -0.15) is 8.62 Å². The Balaban J connectivity index is 0.872. The van der Waals surface area contributed by atoms with E-state index in [1.54, 1.807) is 10.8 Å². The quantitative estimate of drug-likeness (QED) is 0.0560. The maximum absolute atomic E-state index is 12.3. The van der Waals surface area contributed by atoms with Gasteiger partial charge in [0.25, 0.3) is 0 Å². The van der Waals surface area contributed by atoms with Gasteiger partial charge in [-0.25, -0.2) is 23.7 Å². The van der Waals surface area contributed by atoms with Crippen LogP contribution in [-0.2, 0) is 38.0 Å². The molecule has 2 aliphatic carbocycles. The molecule has 21 heteroatoms. The van der Waals surface area contributed by atoms with Gasteiger partial charge in [0.15, 0.2) is 0 Å². The average Bonchev–Trinajstić information content (AvgIpc) is 3.76. The summed E-state index contributed by atoms with van der Waals surface area (Å²) in [5.41, 5.74) is 10.5. The van der Waals surface area contributed by atoms with Gasteiger partial charge in [-0.1, -0.05) is 31.4 Å². The van der Waals surface area contributed by atoms with Gasteiger partial charge in [0.05, 0.1) is 29.5 Å². The summed E-state index contributed by atoms with van der Waals surface area (Å²) in [6.07, 6.45) is 20.5. The first kappa shape index (κ1) is 44.8. The van der Waals surface area contributed by atoms with E-state index in [1.165, 1.54) is 76.1 Å². The number of allylic oxidation sites excluding steroid dienone is 1. The molecule has 4 aromatic rings. The lowest BCUT2D eigenvalue weighted by molar-refractivity contribution is -0.0423. The number of phosphoric acid groups is 3. The van der Waals surface area contributed by atoms with Crippen molar-refractivity contribution in [3.63, 3.8) is 0 Å². The highest BCUT2D eigenvalue weighted by Crippen LogP contribution is 2.66. The van der Waals surface area contributed by atoms with Gasteiger partial charge in [0.2, 0.25) is 0 Å². The molecular formula is C39H53N6O12P3. The minimum atomic E-state index is -5.70. The zero-order valence-electron chi connectivity index (χ0n) is 33.0. The molecule has 3 aliphatic rings. The third kappa shape index (κ3) is 12.0. The second-order valence-electron chi connectivity index (χ2n) is 16.1. The lowest BCUT2D eigenvalue weighted by atomic mass is 9.68. The minimum Gasteiger partial charge on any atom is -0.390 e. The maximum Gasteiger partial charge on any atom is 0.490 e. The number of fused-ring (bicyclic) bond motifs is 1. The van der Waals surface area contributed by atoms with Gasteiger partial charge in [0, 0.05) is 24.5 Å². The zero-order valence-corrected chi connectivity index (χ0v) is 35.7. The Kier molecular flexibility index (Phi) is 14.5. The lowest BCUT2D eigenvalue weighted by Crippen LogP contribution is -2.26. The summed E-state index contributed by atoms with van der Waals surface area (Å²) in [5.74, 6) is 3.22. The third-order valence-electron chi connectivity index (χ3n) is 12.0. The summed E-state index contributed by atoms with van der Waals surface area (Å²) < 4.78 is 54.9. The number of rotatable bonds is 17. The van der Waals surface area contributed by atoms with Gasteiger partial charge in [-0.3, -0.25) is 19.1 Å². The van der Waals surface area contributed by atoms with Gasteiger partial charge < -0.3 is 35.2 Å². The first-order valence-electron chi connectivity index (χ1n) is 20.4. The molecule has 2 saturated carbocycles. The molecule has 7 N–H and O–H groups in total. The number of nitrogens with two attached hydrogens (primary N) is 1. The van der Waals surface area contributed by atoms with Crippen molar-refractivity contribution in [1.29, 1.82) is 0 Å². The smallest absolute Gasteiger partial charge is 0.390 e. The number of anilines is 1. The van der Waals surface area contributed by atoms with Crippen LogP contribution in [-0.4, -0.2) is 68.0 Å². The third-order valence-corrected chi connectivity index (χ3v) is 15.8. The molecule has 1 saturated heterocycles. The fourth-order valence-electron chi connectivity index (χ4n) is 9.10. The van der Waals surface area contributed by atoms with Crippen LogP contribution >= 0.6 is 23.5 Å². The van der Waals surface area contributed by atoms with Crippen molar-refractivity contribution >= 4 is 46.4 Å². The van der Waals surface area contributed by atoms with Crippen LogP contribution in [0.15, 0.2) is 61.2 Å². The van der Waals surface area contributed by atoms with Crippen molar-refractivity contribution in [1.82, 2.24) is 24.5 Å². The number of phosphoric ester groups is 1. The molecule has 0 spiro atoms. The van der Waals surface area contributed by atoms with E-state index in [1.807, 2.05) is 36.5 Å². The molecule has 7 rings (SSSR count). The van der Waals surface area contributed by atoms with Crippen molar-refractivity contribution in [2.45, 2.75) is 102 Å². The molecule has 60 heavy (non-hydrogen) atoms. The Labute approximate surface area is 348 Å². The average molecular weight is 891 g/mol. The Hall–Kier alpha value is -3.21. The molecular weight excluding hydrogens is 837 g/mol. The number of nitrogens with zero attached hydrogens (tertiary/aromatic N) is 5. The number of aryl methyl sites for hydroxylation is 1. The van der Waals surface area contributed by atoms with E-state index in [2.05, 4.69) is 46.8 Å². The molecule has 3 fully saturated rings. The van der Waals surface area contributed by atoms with E-state index < -0.39 is 48.5 Å². The number of hydrogen-bond acceptors (Lipinski definition) is 13. The molecule has 0 radical (unpaired) electrons. The van der Waals surface area contributed by atoms with Crippen molar-refractivity contribution in [2.24, 2.45) is 23.7 Å². The summed E-state index contributed by atoms with van der Waals surface area (Å²) in [4.78, 5) is 54.3. The highest BCUT2D eigenvalue weighted by atomic mass is 31.3. The topological polar surface area (TPSA) is 272 Å². The van der Waals surface area contributed by atoms with E-state index in [4.69, 9.17) is 24.8 Å². The number of aliphatic hydroxyl groups is 1. The van der Waals surface area contributed by atoms with Gasteiger partial charge >= 0.3 is 23.5 Å². The van der Waals surface area contributed by atoms with Gasteiger partial charge in [0.1, 0.15) is 30.1 Å². The standard InChI is InChI=1S/C39H53N6O12P3/c40-38-32-22-31(45(39(32)44-25-43-38)37-23-35(46)36(55-37)24-54-59(50,51)57-60(52,53)56-58(47,48)49)8-4-6-27-12-16-30(17-13-27)29-14-10-26(11-15-29)5-3-7-28-18-20-42-34(21-28)33-9-1-2-19-41-33/h1-2,4,8-9,18-22,25-27,29-30,35-37,46H,3,5-7,10-17,23-24H2,(H,50,51)(H,52,53)(H2,40,43,44)(H2,47,48,49)/b8-4+/t26?,27?,29?,30?,35-,36+,37+/m0/s1. The summed E-state index contributed by atoms with van der Waals surface area (Å²) >= 11 is 0. The molecule has 326 valence electrons. The predicted octanol–water partition coefficient (Wildman–Crippen LogP) is 7.50. The first-order chi connectivity index (χ1) is 28.6. The second kappa shape index (κ2) is 19.5. The van der Waals surface area contributed by atoms with Crippen molar-refractivity contribution in [2.75, 3.05) is 12.3 Å². The predicted molar refractivity (Wildman–Crippen MR) is 221 cm³/mol. The van der Waals surface area contributed by atoms with Gasteiger partial charge in [-0.15, -0.1) is 0 Å². The number of aliphatic hydroxyl groups excluding tert-OH is 1. The number of ether oxygens (including phenoxy) is 1. The molecule has 2 unspecified atom stereocenters. The lowest BCUT2D eigenvalue weighted by Gasteiger charge is -2.37. The fourth-order valence-corrected chi connectivity index (χ4v) is 12.1. The number of pyridine rings is 2. The summed E-state index contributed by atoms with van der Waals surface area (Å²) in [6.45, 7) is -0.783. The van der Waals surface area contributed by atoms with Crippen LogP contribution in [0.1, 0.15) is 94.5 Å². The van der Waals surface area contributed by atoms with Crippen molar-refractivity contribution in [3.8, 4) is 11.4 Å². The number of hydrogen-bond donors (Lipinski definition) is 6. The van der Waals surface area contributed by atoms with Crippen LogP contribution in [0, 0.1) is 23.7 Å². The molecule has 0 bridgehead atoms. The second-order valence-corrected chi connectivity index (χ2v) is 20.5. The van der Waals surface area contributed by atoms with E-state index in [9.17, 15) is 28.6 Å². The molecule has 0 aromatic carbocycles. The number of nitrogen functional groups attached to an aromatic ring is 1. The highest BCUT2D eigenvalue weighted by molar-refractivity contribution is 7.66. The molecule has 18 nitrogen and oxygen atoms in total. The summed E-state index contributed by atoms with van der Waals surface area (Å²) in [6, 6.07) is 12.0. The SMILES string of the molecule is Nc1ncnc2c1cc(/C=C/CC1CCC(C3CCC(CCCc4ccnc(-c5ccccn5)c4)CC3)CC1)n2[C@H]1C[C@H](O)[C@@H](COP(=O)(O)OP(=O)(O)OP(=O)(O)O)O1. The van der Waals surface area contributed by atoms with Crippen LogP contribution in [0.3, 0.4) is 0 Å². The Morgan fingerprint density at radius 3 is 2.25 bits per heavy atom. The van der Waals surface area contributed by atoms with Crippen molar-refractivity contribution < 1.29 is 56.3 Å². The van der Waals surface area contributed by atoms with Crippen LogP contribution in [0.2, 0.25) is 0 Å². The highest BCUT2D eigenvalue weighted by Gasteiger charge is 2.43. The monoisotopic (exact) mass is 890 g/mol. The number of aromatic nitrogens is 5.